The second-order valence-electron chi connectivity index (χ2n) is 2.18. The first kappa shape index (κ1) is 5.01. The van der Waals surface area contributed by atoms with Gasteiger partial charge in [0.05, 0.1) is 0 Å². The van der Waals surface area contributed by atoms with E-state index in [2.05, 4.69) is 0 Å². The quantitative estimate of drug-likeness (QED) is 0.451. The molecule has 0 unspecified atom stereocenters. The van der Waals surface area contributed by atoms with Crippen LogP contribution in [0.4, 0.5) is 0 Å². The zero-order valence-electron chi connectivity index (χ0n) is 4.39. The van der Waals surface area contributed by atoms with Crippen LogP contribution in [0.5, 0.6) is 0 Å². The van der Waals surface area contributed by atoms with Gasteiger partial charge in [-0.2, -0.15) is 0 Å². The molecule has 1 aliphatic carbocycles. The summed E-state index contributed by atoms with van der Waals surface area (Å²) >= 11 is 0. The van der Waals surface area contributed by atoms with E-state index in [9.17, 15) is 4.70 Å². The molecule has 0 N–H and O–H groups in total. The third kappa shape index (κ3) is 1.11. The van der Waals surface area contributed by atoms with E-state index in [0.717, 1.165) is 20.0 Å². The summed E-state index contributed by atoms with van der Waals surface area (Å²) in [4.78, 5) is 0. The van der Waals surface area contributed by atoms with Gasteiger partial charge in [0.15, 0.2) is 0 Å². The van der Waals surface area contributed by atoms with E-state index >= 15 is 0 Å². The van der Waals surface area contributed by atoms with Gasteiger partial charge in [-0.25, -0.2) is 0 Å². The maximum absolute atomic E-state index is 10.0. The Balaban J connectivity index is 2.26. The molecule has 1 fully saturated rings. The summed E-state index contributed by atoms with van der Waals surface area (Å²) < 4.78 is 10.0. The van der Waals surface area contributed by atoms with E-state index < -0.39 is 0 Å². The third-order valence-electron chi connectivity index (χ3n) is 1.59. The Labute approximate surface area is 44.4 Å². The van der Waals surface area contributed by atoms with Crippen molar-refractivity contribution in [1.82, 2.24) is 0 Å². The van der Waals surface area contributed by atoms with Gasteiger partial charge in [-0.3, -0.25) is 0 Å². The minimum atomic E-state index is 0.417. The van der Waals surface area contributed by atoms with Crippen molar-refractivity contribution in [3.63, 3.8) is 0 Å². The van der Waals surface area contributed by atoms with Crippen LogP contribution < -0.4 is 0 Å². The summed E-state index contributed by atoms with van der Waals surface area (Å²) in [6.07, 6.45) is 4.82. The van der Waals surface area contributed by atoms with Crippen LogP contribution in [0.2, 0.25) is 5.82 Å². The van der Waals surface area contributed by atoms with Gasteiger partial charge in [0, 0.05) is 0 Å². The third-order valence-corrected chi connectivity index (χ3v) is 1.59. The van der Waals surface area contributed by atoms with E-state index in [1.54, 1.807) is 0 Å². The molecule has 0 amide bonds. The summed E-state index contributed by atoms with van der Waals surface area (Å²) in [5, 5.41) is 0. The molecule has 0 aromatic heterocycles. The standard InChI is InChI=1S/C5H9BO/c7-6-5-3-1-2-4-5/h5H,1-4H2. The number of rotatable bonds is 1. The summed E-state index contributed by atoms with van der Waals surface area (Å²) in [6, 6.07) is 0. The van der Waals surface area contributed by atoms with Gasteiger partial charge in [-0.15, -0.1) is 0 Å². The minimum absolute atomic E-state index is 0.417. The van der Waals surface area contributed by atoms with Crippen molar-refractivity contribution in [2.45, 2.75) is 31.5 Å². The van der Waals surface area contributed by atoms with Gasteiger partial charge in [-0.1, -0.05) is 0 Å². The fraction of sp³-hybridized carbons (Fsp3) is 1.00. The van der Waals surface area contributed by atoms with Crippen LogP contribution in [-0.4, -0.2) is 7.15 Å². The molecule has 2 heteroatoms. The van der Waals surface area contributed by atoms with Gasteiger partial charge in [-0.05, 0) is 0 Å². The Hall–Kier alpha value is -0.135. The van der Waals surface area contributed by atoms with Gasteiger partial charge < -0.3 is 0 Å². The van der Waals surface area contributed by atoms with E-state index in [1.807, 2.05) is 0 Å². The van der Waals surface area contributed by atoms with E-state index in [-0.39, 0.29) is 0 Å². The molecule has 0 aromatic rings. The molecule has 0 radical (unpaired) electrons. The first-order chi connectivity index (χ1) is 3.43. The van der Waals surface area contributed by atoms with Crippen molar-refractivity contribution < 1.29 is 4.70 Å². The second kappa shape index (κ2) is 2.24. The Morgan fingerprint density at radius 2 is 1.86 bits per heavy atom. The second-order valence-corrected chi connectivity index (χ2v) is 2.18. The van der Waals surface area contributed by atoms with Crippen molar-refractivity contribution in [2.24, 2.45) is 0 Å². The predicted molar refractivity (Wildman–Crippen MR) is 28.7 cm³/mol. The van der Waals surface area contributed by atoms with E-state index in [0.29, 0.717) is 5.82 Å². The zero-order chi connectivity index (χ0) is 5.11. The normalized spacial score (nSPS) is 22.3. The van der Waals surface area contributed by atoms with Crippen LogP contribution in [0, 0.1) is 0 Å². The van der Waals surface area contributed by atoms with Crippen LogP contribution in [0.25, 0.3) is 0 Å². The Bertz CT molecular complexity index is 66.5. The van der Waals surface area contributed by atoms with Crippen LogP contribution >= 0.6 is 0 Å². The molecule has 1 rings (SSSR count). The molecule has 0 aromatic carbocycles. The molecule has 38 valence electrons. The van der Waals surface area contributed by atoms with E-state index in [4.69, 9.17) is 0 Å². The Morgan fingerprint density at radius 3 is 2.14 bits per heavy atom. The van der Waals surface area contributed by atoms with E-state index in [1.165, 1.54) is 12.8 Å². The van der Waals surface area contributed by atoms with Crippen LogP contribution in [0.15, 0.2) is 0 Å². The summed E-state index contributed by atoms with van der Waals surface area (Å²) in [5.74, 6) is 0.417. The Kier molecular flexibility index (Phi) is 1.61. The summed E-state index contributed by atoms with van der Waals surface area (Å²) in [6.45, 7) is 0. The molecule has 0 aliphatic heterocycles. The molecule has 0 saturated heterocycles. The molecule has 1 saturated carbocycles. The van der Waals surface area contributed by atoms with Crippen LogP contribution in [-0.2, 0) is 4.70 Å². The van der Waals surface area contributed by atoms with Gasteiger partial charge >= 0.3 is 43.4 Å². The fourth-order valence-corrected chi connectivity index (χ4v) is 1.09. The zero-order valence-corrected chi connectivity index (χ0v) is 4.39. The molecule has 0 spiro atoms. The van der Waals surface area contributed by atoms with Crippen molar-refractivity contribution in [3.8, 4) is 0 Å². The molecule has 0 atom stereocenters. The first-order valence-corrected chi connectivity index (χ1v) is 2.89. The van der Waals surface area contributed by atoms with Crippen molar-refractivity contribution in [3.05, 3.63) is 0 Å². The van der Waals surface area contributed by atoms with Crippen LogP contribution in [0.3, 0.4) is 0 Å². The Morgan fingerprint density at radius 1 is 1.29 bits per heavy atom. The fourth-order valence-electron chi connectivity index (χ4n) is 1.09. The van der Waals surface area contributed by atoms with Crippen molar-refractivity contribution in [1.29, 1.82) is 0 Å². The first-order valence-electron chi connectivity index (χ1n) is 2.89. The summed E-state index contributed by atoms with van der Waals surface area (Å²) in [7, 11) is 1.09. The topological polar surface area (TPSA) is 17.1 Å². The molecule has 1 aliphatic rings. The molecular formula is C5H9BO. The van der Waals surface area contributed by atoms with Crippen molar-refractivity contribution in [2.75, 3.05) is 0 Å². The average molecular weight is 95.9 g/mol. The van der Waals surface area contributed by atoms with Gasteiger partial charge in [0.2, 0.25) is 0 Å². The van der Waals surface area contributed by atoms with Gasteiger partial charge in [0.25, 0.3) is 0 Å². The molecule has 0 bridgehead atoms. The molecular weight excluding hydrogens is 86.9 g/mol. The molecule has 7 heavy (non-hydrogen) atoms. The SMILES string of the molecule is O=BC1CCCC1. The predicted octanol–water partition coefficient (Wildman–Crippen LogP) is 1.40. The summed E-state index contributed by atoms with van der Waals surface area (Å²) in [5.41, 5.74) is 0. The monoisotopic (exact) mass is 96.1 g/mol. The van der Waals surface area contributed by atoms with Crippen LogP contribution in [0.1, 0.15) is 25.7 Å². The molecule has 1 nitrogen and oxygen atoms in total. The number of hydrogen-bond acceptors (Lipinski definition) is 1. The number of hydrogen-bond donors (Lipinski definition) is 0. The molecule has 0 heterocycles. The average Bonchev–Trinajstić information content (AvgIpc) is 2.14. The van der Waals surface area contributed by atoms with Gasteiger partial charge in [0.1, 0.15) is 0 Å². The maximum atomic E-state index is 10.0. The van der Waals surface area contributed by atoms with Crippen molar-refractivity contribution >= 4 is 7.15 Å².